The second-order valence-corrected chi connectivity index (χ2v) is 5.29. The number of carbonyl (C=O) groups is 1. The lowest BCUT2D eigenvalue weighted by Gasteiger charge is -2.12. The van der Waals surface area contributed by atoms with Gasteiger partial charge in [0.1, 0.15) is 5.75 Å². The number of hydrogen-bond donors (Lipinski definition) is 0. The predicted molar refractivity (Wildman–Crippen MR) is 69.5 cm³/mol. The molecule has 0 fully saturated rings. The number of methoxy groups -OCH3 is 1. The standard InChI is InChI=1S/C13H17BrO2/c1-9(2)12(14)8-13(15)10-4-6-11(16-3)7-5-10/h4-7,9,12H,8H2,1-3H3. The van der Waals surface area contributed by atoms with E-state index in [1.54, 1.807) is 19.2 Å². The lowest BCUT2D eigenvalue weighted by Crippen LogP contribution is -2.13. The lowest BCUT2D eigenvalue weighted by atomic mass is 10.0. The van der Waals surface area contributed by atoms with Crippen molar-refractivity contribution in [2.45, 2.75) is 25.1 Å². The van der Waals surface area contributed by atoms with Crippen LogP contribution in [-0.2, 0) is 0 Å². The van der Waals surface area contributed by atoms with Crippen LogP contribution in [0.15, 0.2) is 24.3 Å². The van der Waals surface area contributed by atoms with Gasteiger partial charge in [-0.15, -0.1) is 0 Å². The second kappa shape index (κ2) is 6.04. The largest absolute Gasteiger partial charge is 0.497 e. The third kappa shape index (κ3) is 3.63. The molecule has 1 rings (SSSR count). The van der Waals surface area contributed by atoms with Crippen molar-refractivity contribution in [2.24, 2.45) is 5.92 Å². The molecule has 1 aromatic carbocycles. The zero-order valence-electron chi connectivity index (χ0n) is 9.87. The summed E-state index contributed by atoms with van der Waals surface area (Å²) in [5, 5.41) is 0. The molecular weight excluding hydrogens is 268 g/mol. The van der Waals surface area contributed by atoms with Gasteiger partial charge in [0.05, 0.1) is 7.11 Å². The van der Waals surface area contributed by atoms with Crippen molar-refractivity contribution in [1.82, 2.24) is 0 Å². The van der Waals surface area contributed by atoms with Crippen LogP contribution in [-0.4, -0.2) is 17.7 Å². The summed E-state index contributed by atoms with van der Waals surface area (Å²) < 4.78 is 5.05. The Kier molecular flexibility index (Phi) is 5.00. The first-order valence-electron chi connectivity index (χ1n) is 5.36. The molecule has 0 N–H and O–H groups in total. The number of benzene rings is 1. The predicted octanol–water partition coefficient (Wildman–Crippen LogP) is 3.69. The molecule has 1 unspecified atom stereocenters. The molecule has 0 aliphatic heterocycles. The van der Waals surface area contributed by atoms with Gasteiger partial charge in [0.2, 0.25) is 0 Å². The normalized spacial score (nSPS) is 12.6. The molecule has 2 nitrogen and oxygen atoms in total. The van der Waals surface area contributed by atoms with E-state index in [-0.39, 0.29) is 10.6 Å². The Morgan fingerprint density at radius 2 is 1.88 bits per heavy atom. The molecule has 3 heteroatoms. The van der Waals surface area contributed by atoms with Crippen LogP contribution in [0.1, 0.15) is 30.6 Å². The number of ether oxygens (including phenoxy) is 1. The van der Waals surface area contributed by atoms with Crippen LogP contribution in [0.5, 0.6) is 5.75 Å². The number of hydrogen-bond acceptors (Lipinski definition) is 2. The number of alkyl halides is 1. The SMILES string of the molecule is COc1ccc(C(=O)CC(Br)C(C)C)cc1. The molecule has 0 saturated carbocycles. The maximum Gasteiger partial charge on any atom is 0.164 e. The molecular formula is C13H17BrO2. The summed E-state index contributed by atoms with van der Waals surface area (Å²) in [6, 6.07) is 7.24. The first kappa shape index (κ1) is 13.2. The number of Topliss-reactive ketones (excluding diaryl/α,β-unsaturated/α-hetero) is 1. The molecule has 1 atom stereocenters. The van der Waals surface area contributed by atoms with E-state index >= 15 is 0 Å². The molecule has 16 heavy (non-hydrogen) atoms. The van der Waals surface area contributed by atoms with Gasteiger partial charge in [-0.05, 0) is 30.2 Å². The average molecular weight is 285 g/mol. The Hall–Kier alpha value is -0.830. The van der Waals surface area contributed by atoms with Gasteiger partial charge in [-0.3, -0.25) is 4.79 Å². The smallest absolute Gasteiger partial charge is 0.164 e. The fraction of sp³-hybridized carbons (Fsp3) is 0.462. The van der Waals surface area contributed by atoms with Gasteiger partial charge in [-0.1, -0.05) is 29.8 Å². The van der Waals surface area contributed by atoms with Crippen LogP contribution in [0.3, 0.4) is 0 Å². The van der Waals surface area contributed by atoms with E-state index in [0.717, 1.165) is 11.3 Å². The Morgan fingerprint density at radius 1 is 1.31 bits per heavy atom. The van der Waals surface area contributed by atoms with Crippen molar-refractivity contribution in [3.05, 3.63) is 29.8 Å². The molecule has 0 radical (unpaired) electrons. The minimum Gasteiger partial charge on any atom is -0.497 e. The molecule has 1 aromatic rings. The van der Waals surface area contributed by atoms with Crippen molar-refractivity contribution in [3.8, 4) is 5.75 Å². The molecule has 0 aromatic heterocycles. The van der Waals surface area contributed by atoms with Crippen molar-refractivity contribution < 1.29 is 9.53 Å². The van der Waals surface area contributed by atoms with Crippen LogP contribution in [0.2, 0.25) is 0 Å². The van der Waals surface area contributed by atoms with Crippen LogP contribution >= 0.6 is 15.9 Å². The second-order valence-electron chi connectivity index (χ2n) is 4.12. The summed E-state index contributed by atoms with van der Waals surface area (Å²) in [6.45, 7) is 4.20. The third-order valence-corrected chi connectivity index (χ3v) is 3.90. The molecule has 0 spiro atoms. The highest BCUT2D eigenvalue weighted by Gasteiger charge is 2.15. The van der Waals surface area contributed by atoms with E-state index in [4.69, 9.17) is 4.74 Å². The molecule has 0 aliphatic carbocycles. The van der Waals surface area contributed by atoms with Crippen molar-refractivity contribution >= 4 is 21.7 Å². The topological polar surface area (TPSA) is 26.3 Å². The van der Waals surface area contributed by atoms with Gasteiger partial charge in [0.25, 0.3) is 0 Å². The van der Waals surface area contributed by atoms with Gasteiger partial charge in [0, 0.05) is 16.8 Å². The average Bonchev–Trinajstić information content (AvgIpc) is 2.28. The Balaban J connectivity index is 2.66. The fourth-order valence-corrected chi connectivity index (χ4v) is 1.60. The highest BCUT2D eigenvalue weighted by Crippen LogP contribution is 2.19. The van der Waals surface area contributed by atoms with E-state index in [9.17, 15) is 4.79 Å². The summed E-state index contributed by atoms with van der Waals surface area (Å²) in [6.07, 6.45) is 0.532. The highest BCUT2D eigenvalue weighted by atomic mass is 79.9. The van der Waals surface area contributed by atoms with Crippen LogP contribution in [0.4, 0.5) is 0 Å². The monoisotopic (exact) mass is 284 g/mol. The molecule has 0 heterocycles. The van der Waals surface area contributed by atoms with Crippen LogP contribution in [0, 0.1) is 5.92 Å². The number of rotatable bonds is 5. The van der Waals surface area contributed by atoms with E-state index in [1.165, 1.54) is 0 Å². The van der Waals surface area contributed by atoms with E-state index in [0.29, 0.717) is 12.3 Å². The Bertz CT molecular complexity index is 343. The van der Waals surface area contributed by atoms with Crippen molar-refractivity contribution in [3.63, 3.8) is 0 Å². The Morgan fingerprint density at radius 3 is 2.31 bits per heavy atom. The third-order valence-electron chi connectivity index (χ3n) is 2.52. The molecule has 0 bridgehead atoms. The summed E-state index contributed by atoms with van der Waals surface area (Å²) in [4.78, 5) is 12.1. The van der Waals surface area contributed by atoms with Crippen molar-refractivity contribution in [1.29, 1.82) is 0 Å². The van der Waals surface area contributed by atoms with E-state index in [1.807, 2.05) is 12.1 Å². The van der Waals surface area contributed by atoms with Gasteiger partial charge < -0.3 is 4.74 Å². The zero-order chi connectivity index (χ0) is 12.1. The highest BCUT2D eigenvalue weighted by molar-refractivity contribution is 9.09. The minimum atomic E-state index is 0.165. The summed E-state index contributed by atoms with van der Waals surface area (Å²) in [7, 11) is 1.62. The molecule has 88 valence electrons. The maximum atomic E-state index is 11.9. The van der Waals surface area contributed by atoms with Gasteiger partial charge in [-0.25, -0.2) is 0 Å². The van der Waals surface area contributed by atoms with E-state index < -0.39 is 0 Å². The first-order valence-corrected chi connectivity index (χ1v) is 6.27. The molecule has 0 saturated heterocycles. The Labute approximate surface area is 105 Å². The zero-order valence-corrected chi connectivity index (χ0v) is 11.5. The lowest BCUT2D eigenvalue weighted by molar-refractivity contribution is 0.0978. The molecule has 0 amide bonds. The number of carbonyl (C=O) groups excluding carboxylic acids is 1. The minimum absolute atomic E-state index is 0.165. The van der Waals surface area contributed by atoms with Gasteiger partial charge >= 0.3 is 0 Å². The fourth-order valence-electron chi connectivity index (χ4n) is 1.31. The van der Waals surface area contributed by atoms with Crippen LogP contribution < -0.4 is 4.74 Å². The number of ketones is 1. The van der Waals surface area contributed by atoms with Crippen molar-refractivity contribution in [2.75, 3.05) is 7.11 Å². The van der Waals surface area contributed by atoms with E-state index in [2.05, 4.69) is 29.8 Å². The summed E-state index contributed by atoms with van der Waals surface area (Å²) in [5.41, 5.74) is 0.742. The van der Waals surface area contributed by atoms with Gasteiger partial charge in [-0.2, -0.15) is 0 Å². The summed E-state index contributed by atoms with van der Waals surface area (Å²) in [5.74, 6) is 1.40. The van der Waals surface area contributed by atoms with Crippen LogP contribution in [0.25, 0.3) is 0 Å². The number of halogens is 1. The van der Waals surface area contributed by atoms with Gasteiger partial charge in [0.15, 0.2) is 5.78 Å². The first-order chi connectivity index (χ1) is 7.54. The quantitative estimate of drug-likeness (QED) is 0.609. The summed E-state index contributed by atoms with van der Waals surface area (Å²) >= 11 is 3.52. The maximum absolute atomic E-state index is 11.9. The molecule has 0 aliphatic rings.